The molecule has 0 saturated heterocycles. The fourth-order valence-corrected chi connectivity index (χ4v) is 6.31. The van der Waals surface area contributed by atoms with E-state index in [1.165, 1.54) is 6.42 Å². The van der Waals surface area contributed by atoms with Gasteiger partial charge in [0, 0.05) is 23.0 Å². The first-order chi connectivity index (χ1) is 13.4. The van der Waals surface area contributed by atoms with E-state index >= 15 is 0 Å². The first-order valence-corrected chi connectivity index (χ1v) is 10.4. The molecule has 2 heterocycles. The molecule has 1 aromatic carbocycles. The molecule has 0 aliphatic heterocycles. The highest BCUT2D eigenvalue weighted by atomic mass is 32.2. The quantitative estimate of drug-likeness (QED) is 0.633. The Morgan fingerprint density at radius 2 is 1.82 bits per heavy atom. The van der Waals surface area contributed by atoms with Gasteiger partial charge in [0.15, 0.2) is 5.82 Å². The molecule has 1 saturated carbocycles. The first-order valence-electron chi connectivity index (χ1n) is 9.55. The van der Waals surface area contributed by atoms with Crippen molar-refractivity contribution in [1.29, 1.82) is 0 Å². The molecular weight excluding hydrogens is 368 g/mol. The van der Waals surface area contributed by atoms with Crippen LogP contribution in [0.4, 0.5) is 0 Å². The minimum absolute atomic E-state index is 0.137. The van der Waals surface area contributed by atoms with Gasteiger partial charge in [0.05, 0.1) is 11.8 Å². The fraction of sp³-hybridized carbons (Fsp3) is 0.364. The number of aromatic hydroxyl groups is 1. The summed E-state index contributed by atoms with van der Waals surface area (Å²) in [7, 11) is 0. The highest BCUT2D eigenvalue weighted by Crippen LogP contribution is 2.56. The van der Waals surface area contributed by atoms with Crippen LogP contribution in [0.5, 0.6) is 5.75 Å². The lowest BCUT2D eigenvalue weighted by atomic mass is 9.69. The number of fused-ring (bicyclic) bond motifs is 3. The second-order valence-corrected chi connectivity index (χ2v) is 10.00. The Morgan fingerprint density at radius 3 is 2.54 bits per heavy atom. The van der Waals surface area contributed by atoms with Crippen molar-refractivity contribution in [2.75, 3.05) is 0 Å². The third-order valence-corrected chi connectivity index (χ3v) is 7.00. The third-order valence-electron chi connectivity index (χ3n) is 5.91. The van der Waals surface area contributed by atoms with E-state index in [4.69, 9.17) is 0 Å². The number of phenols is 1. The predicted octanol–water partition coefficient (Wildman–Crippen LogP) is 5.02. The molecule has 2 aromatic heterocycles. The van der Waals surface area contributed by atoms with Crippen LogP contribution in [0.25, 0.3) is 22.2 Å². The number of hydrogen-bond donors (Lipinski definition) is 1. The SMILES string of the molecule is C[C@]12C=C[C@](C)(C[C@@H](Sc3cnc(-c4cc5ccncc5cc4O)nn3)C1)C2. The zero-order valence-electron chi connectivity index (χ0n) is 16.0. The molecule has 3 atom stereocenters. The number of benzene rings is 1. The smallest absolute Gasteiger partial charge is 0.185 e. The number of phenolic OH excluding ortho intramolecular Hbond substituents is 1. The normalized spacial score (nSPS) is 28.7. The van der Waals surface area contributed by atoms with Gasteiger partial charge >= 0.3 is 0 Å². The molecule has 0 amide bonds. The van der Waals surface area contributed by atoms with Gasteiger partial charge < -0.3 is 5.11 Å². The third kappa shape index (κ3) is 3.15. The van der Waals surface area contributed by atoms with Gasteiger partial charge in [0.1, 0.15) is 10.8 Å². The topological polar surface area (TPSA) is 71.8 Å². The van der Waals surface area contributed by atoms with E-state index < -0.39 is 0 Å². The lowest BCUT2D eigenvalue weighted by Crippen LogP contribution is -2.31. The van der Waals surface area contributed by atoms with E-state index in [1.807, 2.05) is 12.1 Å². The Bertz CT molecular complexity index is 1060. The van der Waals surface area contributed by atoms with Crippen LogP contribution in [0, 0.1) is 10.8 Å². The van der Waals surface area contributed by atoms with Crippen LogP contribution in [0.15, 0.2) is 54.0 Å². The maximum Gasteiger partial charge on any atom is 0.185 e. The average molecular weight is 391 g/mol. The molecule has 3 aromatic rings. The van der Waals surface area contributed by atoms with Crippen LogP contribution in [0.3, 0.4) is 0 Å². The number of allylic oxidation sites excluding steroid dienone is 2. The van der Waals surface area contributed by atoms with E-state index in [0.29, 0.717) is 27.5 Å². The van der Waals surface area contributed by atoms with E-state index in [-0.39, 0.29) is 5.75 Å². The molecule has 28 heavy (non-hydrogen) atoms. The molecule has 2 bridgehead atoms. The highest BCUT2D eigenvalue weighted by molar-refractivity contribution is 7.99. The first kappa shape index (κ1) is 17.6. The Labute approximate surface area is 168 Å². The molecule has 0 radical (unpaired) electrons. The van der Waals surface area contributed by atoms with Gasteiger partial charge in [-0.25, -0.2) is 4.98 Å². The standard InChI is InChI=1S/C22H22N4OS/c1-21-4-5-22(2,13-21)10-16(9-21)28-19-12-24-20(26-25-19)17-7-14-3-6-23-11-15(14)8-18(17)27/h3-8,11-12,16,27H,9-10,13H2,1-2H3/t16-,21-,22+. The van der Waals surface area contributed by atoms with Crippen molar-refractivity contribution in [3.63, 3.8) is 0 Å². The van der Waals surface area contributed by atoms with Crippen molar-refractivity contribution in [3.05, 3.63) is 48.9 Å². The largest absolute Gasteiger partial charge is 0.507 e. The maximum atomic E-state index is 10.4. The van der Waals surface area contributed by atoms with Gasteiger partial charge in [-0.1, -0.05) is 37.8 Å². The van der Waals surface area contributed by atoms with Crippen LogP contribution in [-0.2, 0) is 0 Å². The molecule has 2 aliphatic rings. The van der Waals surface area contributed by atoms with Gasteiger partial charge in [0.25, 0.3) is 0 Å². The monoisotopic (exact) mass is 390 g/mol. The molecule has 142 valence electrons. The molecule has 2 aliphatic carbocycles. The minimum atomic E-state index is 0.137. The van der Waals surface area contributed by atoms with Gasteiger partial charge in [-0.2, -0.15) is 0 Å². The van der Waals surface area contributed by atoms with Crippen molar-refractivity contribution in [3.8, 4) is 17.1 Å². The molecule has 1 N–H and O–H groups in total. The summed E-state index contributed by atoms with van der Waals surface area (Å²) >= 11 is 1.77. The van der Waals surface area contributed by atoms with Gasteiger partial charge in [-0.15, -0.1) is 10.2 Å². The highest BCUT2D eigenvalue weighted by Gasteiger charge is 2.45. The number of aromatic nitrogens is 4. The fourth-order valence-electron chi connectivity index (χ4n) is 4.83. The molecule has 5 nitrogen and oxygen atoms in total. The van der Waals surface area contributed by atoms with E-state index in [0.717, 1.165) is 28.6 Å². The number of hydrogen-bond acceptors (Lipinski definition) is 6. The summed E-state index contributed by atoms with van der Waals surface area (Å²) in [6.07, 6.45) is 13.6. The summed E-state index contributed by atoms with van der Waals surface area (Å²) < 4.78 is 0. The molecule has 0 spiro atoms. The van der Waals surface area contributed by atoms with Crippen molar-refractivity contribution < 1.29 is 5.11 Å². The van der Waals surface area contributed by atoms with Gasteiger partial charge in [0.2, 0.25) is 0 Å². The summed E-state index contributed by atoms with van der Waals surface area (Å²) in [4.78, 5) is 8.57. The maximum absolute atomic E-state index is 10.4. The number of pyridine rings is 1. The summed E-state index contributed by atoms with van der Waals surface area (Å²) in [6, 6.07) is 5.47. The zero-order chi connectivity index (χ0) is 19.4. The number of rotatable bonds is 3. The Balaban J connectivity index is 1.37. The predicted molar refractivity (Wildman–Crippen MR) is 111 cm³/mol. The molecular formula is C22H22N4OS. The Hall–Kier alpha value is -2.47. The summed E-state index contributed by atoms with van der Waals surface area (Å²) in [5.41, 5.74) is 1.19. The second-order valence-electron chi connectivity index (χ2n) is 8.68. The van der Waals surface area contributed by atoms with E-state index in [9.17, 15) is 5.11 Å². The molecule has 0 unspecified atom stereocenters. The summed E-state index contributed by atoms with van der Waals surface area (Å²) in [5.74, 6) is 0.573. The minimum Gasteiger partial charge on any atom is -0.507 e. The molecule has 1 fully saturated rings. The van der Waals surface area contributed by atoms with E-state index in [1.54, 1.807) is 36.4 Å². The van der Waals surface area contributed by atoms with Crippen molar-refractivity contribution >= 4 is 22.5 Å². The van der Waals surface area contributed by atoms with Crippen LogP contribution in [0.1, 0.15) is 33.1 Å². The van der Waals surface area contributed by atoms with Crippen LogP contribution >= 0.6 is 11.8 Å². The average Bonchev–Trinajstić information content (AvgIpc) is 2.89. The number of thioether (sulfide) groups is 1. The summed E-state index contributed by atoms with van der Waals surface area (Å²) in [6.45, 7) is 4.71. The Kier molecular flexibility index (Phi) is 3.95. The van der Waals surface area contributed by atoms with Crippen LogP contribution in [-0.4, -0.2) is 30.5 Å². The lowest BCUT2D eigenvalue weighted by Gasteiger charge is -2.40. The summed E-state index contributed by atoms with van der Waals surface area (Å²) in [5, 5.41) is 22.3. The molecule has 5 rings (SSSR count). The number of nitrogens with zero attached hydrogens (tertiary/aromatic N) is 4. The van der Waals surface area contributed by atoms with Gasteiger partial charge in [-0.05, 0) is 53.7 Å². The van der Waals surface area contributed by atoms with E-state index in [2.05, 4.69) is 46.2 Å². The van der Waals surface area contributed by atoms with Crippen LogP contribution in [0.2, 0.25) is 0 Å². The lowest BCUT2D eigenvalue weighted by molar-refractivity contribution is 0.201. The van der Waals surface area contributed by atoms with Gasteiger partial charge in [-0.3, -0.25) is 4.98 Å². The zero-order valence-corrected chi connectivity index (χ0v) is 16.8. The Morgan fingerprint density at radius 1 is 1.04 bits per heavy atom. The van der Waals surface area contributed by atoms with Crippen molar-refractivity contribution in [2.45, 2.75) is 43.4 Å². The van der Waals surface area contributed by atoms with Crippen LogP contribution < -0.4 is 0 Å². The van der Waals surface area contributed by atoms with Crippen molar-refractivity contribution in [1.82, 2.24) is 20.2 Å². The second kappa shape index (κ2) is 6.27. The van der Waals surface area contributed by atoms with Crippen molar-refractivity contribution in [2.24, 2.45) is 10.8 Å². The molecule has 6 heteroatoms.